The number of fused-ring (bicyclic) bond motifs is 3. The first kappa shape index (κ1) is 39.6. The molecule has 0 amide bonds. The Morgan fingerprint density at radius 1 is 0.254 bits per heavy atom. The minimum Gasteiger partial charge on any atom is -0.309 e. The van der Waals surface area contributed by atoms with Gasteiger partial charge in [0, 0.05) is 61.0 Å². The molecule has 4 nitrogen and oxygen atoms in total. The van der Waals surface area contributed by atoms with Crippen molar-refractivity contribution in [1.82, 2.24) is 19.5 Å². The zero-order chi connectivity index (χ0) is 44.5. The maximum Gasteiger partial charge on any atom is 0.160 e. The van der Waals surface area contributed by atoms with Gasteiger partial charge in [-0.1, -0.05) is 224 Å². The lowest BCUT2D eigenvalue weighted by Gasteiger charge is -2.23. The van der Waals surface area contributed by atoms with E-state index in [-0.39, 0.29) is 0 Å². The van der Waals surface area contributed by atoms with E-state index in [9.17, 15) is 0 Å². The van der Waals surface area contributed by atoms with Gasteiger partial charge in [0.15, 0.2) is 5.82 Å². The normalized spacial score (nSPS) is 11.3. The fourth-order valence-corrected chi connectivity index (χ4v) is 9.50. The van der Waals surface area contributed by atoms with E-state index < -0.39 is 0 Å². The smallest absolute Gasteiger partial charge is 0.160 e. The van der Waals surface area contributed by atoms with Gasteiger partial charge in [-0.15, -0.1) is 0 Å². The molecule has 314 valence electrons. The van der Waals surface area contributed by atoms with Crippen LogP contribution in [-0.2, 0) is 0 Å². The Hall–Kier alpha value is -8.99. The van der Waals surface area contributed by atoms with Gasteiger partial charge < -0.3 is 4.57 Å². The molecule has 67 heavy (non-hydrogen) atoms. The van der Waals surface area contributed by atoms with Gasteiger partial charge in [0.1, 0.15) is 0 Å². The minimum atomic E-state index is 0.658. The molecule has 0 fully saturated rings. The Kier molecular flexibility index (Phi) is 10.2. The average molecular weight is 855 g/mol. The second-order valence-corrected chi connectivity index (χ2v) is 16.7. The molecule has 0 radical (unpaired) electrons. The number of para-hydroxylation sites is 2. The monoisotopic (exact) mass is 854 g/mol. The van der Waals surface area contributed by atoms with Crippen LogP contribution >= 0.6 is 0 Å². The van der Waals surface area contributed by atoms with Crippen molar-refractivity contribution in [3.05, 3.63) is 255 Å². The van der Waals surface area contributed by atoms with Crippen LogP contribution < -0.4 is 0 Å². The first-order valence-electron chi connectivity index (χ1n) is 22.7. The fraction of sp³-hybridized carbons (Fsp3) is 0. The Labute approximate surface area is 389 Å². The van der Waals surface area contributed by atoms with Crippen molar-refractivity contribution in [3.63, 3.8) is 0 Å². The quantitative estimate of drug-likeness (QED) is 0.145. The molecule has 0 saturated heterocycles. The summed E-state index contributed by atoms with van der Waals surface area (Å²) >= 11 is 0. The SMILES string of the molecule is c1ccc(-c2cc(-c3ccc(-n4c5ccccc5c5ccccc54)cc3)nc(-c3ccc(-c4c(-c5ccccc5)c(-c5ccccc5)nc(-c5ccccc5)c4-c4ccccc4)cc3)n2)cc1. The zero-order valence-corrected chi connectivity index (χ0v) is 36.5. The number of pyridine rings is 1. The summed E-state index contributed by atoms with van der Waals surface area (Å²) < 4.78 is 2.34. The van der Waals surface area contributed by atoms with Crippen LogP contribution in [0.2, 0.25) is 0 Å². The summed E-state index contributed by atoms with van der Waals surface area (Å²) in [5.74, 6) is 0.658. The van der Waals surface area contributed by atoms with Gasteiger partial charge in [-0.25, -0.2) is 15.0 Å². The van der Waals surface area contributed by atoms with Gasteiger partial charge >= 0.3 is 0 Å². The molecule has 3 heterocycles. The van der Waals surface area contributed by atoms with Crippen LogP contribution in [0.4, 0.5) is 0 Å². The van der Waals surface area contributed by atoms with E-state index in [4.69, 9.17) is 15.0 Å². The Balaban J connectivity index is 1.03. The highest BCUT2D eigenvalue weighted by Gasteiger charge is 2.25. The third-order valence-corrected chi connectivity index (χ3v) is 12.6. The number of aromatic nitrogens is 4. The molecule has 0 saturated carbocycles. The van der Waals surface area contributed by atoms with E-state index in [0.717, 1.165) is 89.7 Å². The first-order chi connectivity index (χ1) is 33.2. The second kappa shape index (κ2) is 17.2. The molecule has 0 aliphatic rings. The topological polar surface area (TPSA) is 43.6 Å². The van der Waals surface area contributed by atoms with Crippen molar-refractivity contribution in [2.75, 3.05) is 0 Å². The lowest BCUT2D eigenvalue weighted by Crippen LogP contribution is -2.01. The highest BCUT2D eigenvalue weighted by Crippen LogP contribution is 2.49. The molecule has 3 aromatic heterocycles. The maximum absolute atomic E-state index is 5.62. The van der Waals surface area contributed by atoms with Crippen LogP contribution in [0.25, 0.3) is 117 Å². The molecular weight excluding hydrogens is 813 g/mol. The van der Waals surface area contributed by atoms with Crippen molar-refractivity contribution < 1.29 is 0 Å². The van der Waals surface area contributed by atoms with Crippen molar-refractivity contribution in [2.24, 2.45) is 0 Å². The van der Waals surface area contributed by atoms with Crippen LogP contribution in [0, 0.1) is 0 Å². The average Bonchev–Trinajstić information content (AvgIpc) is 3.76. The summed E-state index contributed by atoms with van der Waals surface area (Å²) in [7, 11) is 0. The van der Waals surface area contributed by atoms with E-state index >= 15 is 0 Å². The third kappa shape index (κ3) is 7.37. The highest BCUT2D eigenvalue weighted by molar-refractivity contribution is 6.09. The van der Waals surface area contributed by atoms with Crippen LogP contribution in [0.1, 0.15) is 0 Å². The predicted molar refractivity (Wildman–Crippen MR) is 278 cm³/mol. The van der Waals surface area contributed by atoms with Crippen molar-refractivity contribution in [2.45, 2.75) is 0 Å². The molecule has 0 bridgehead atoms. The molecule has 12 aromatic rings. The summed E-state index contributed by atoms with van der Waals surface area (Å²) in [6.07, 6.45) is 0. The number of benzene rings is 9. The first-order valence-corrected chi connectivity index (χ1v) is 22.7. The second-order valence-electron chi connectivity index (χ2n) is 16.7. The van der Waals surface area contributed by atoms with E-state index in [0.29, 0.717) is 5.82 Å². The molecule has 9 aromatic carbocycles. The third-order valence-electron chi connectivity index (χ3n) is 12.6. The molecule has 12 rings (SSSR count). The molecule has 0 aliphatic heterocycles. The van der Waals surface area contributed by atoms with E-state index in [1.54, 1.807) is 0 Å². The van der Waals surface area contributed by atoms with E-state index in [1.165, 1.54) is 21.8 Å². The molecule has 0 unspecified atom stereocenters. The van der Waals surface area contributed by atoms with Crippen LogP contribution in [0.15, 0.2) is 255 Å². The van der Waals surface area contributed by atoms with Crippen molar-refractivity contribution >= 4 is 21.8 Å². The summed E-state index contributed by atoms with van der Waals surface area (Å²) in [5.41, 5.74) is 18.6. The van der Waals surface area contributed by atoms with Gasteiger partial charge in [0.25, 0.3) is 0 Å². The number of hydrogen-bond donors (Lipinski definition) is 0. The lowest BCUT2D eigenvalue weighted by molar-refractivity contribution is 1.17. The lowest BCUT2D eigenvalue weighted by atomic mass is 9.83. The summed E-state index contributed by atoms with van der Waals surface area (Å²) in [6.45, 7) is 0. The molecular formula is C63H42N4. The molecule has 0 spiro atoms. The molecule has 0 aliphatic carbocycles. The number of hydrogen-bond acceptors (Lipinski definition) is 3. The van der Waals surface area contributed by atoms with Gasteiger partial charge in [0.2, 0.25) is 0 Å². The predicted octanol–water partition coefficient (Wildman–Crippen LogP) is 16.3. The van der Waals surface area contributed by atoms with Crippen LogP contribution in [0.3, 0.4) is 0 Å². The highest BCUT2D eigenvalue weighted by atomic mass is 15.0. The van der Waals surface area contributed by atoms with Gasteiger partial charge in [-0.05, 0) is 47.0 Å². The van der Waals surface area contributed by atoms with Gasteiger partial charge in [-0.2, -0.15) is 0 Å². The standard InChI is InChI=1S/C63H42N4/c1-6-20-43(21-7-1)54-42-55(44-38-40-51(41-39-44)67-56-32-18-16-30-52(56)53-31-17-19-33-57(53)67)65-63(64-54)50-36-34-47(35-37-50)58-59(45-22-8-2-9-23-45)61(48-26-12-4-13-27-48)66-62(49-28-14-5-15-29-49)60(58)46-24-10-3-11-25-46/h1-42H. The number of rotatable bonds is 9. The van der Waals surface area contributed by atoms with Crippen molar-refractivity contribution in [1.29, 1.82) is 0 Å². The maximum atomic E-state index is 5.62. The Morgan fingerprint density at radius 3 is 1.06 bits per heavy atom. The largest absolute Gasteiger partial charge is 0.309 e. The van der Waals surface area contributed by atoms with Crippen LogP contribution in [-0.4, -0.2) is 19.5 Å². The van der Waals surface area contributed by atoms with Gasteiger partial charge in [-0.3, -0.25) is 0 Å². The molecule has 0 atom stereocenters. The van der Waals surface area contributed by atoms with E-state index in [1.807, 2.05) is 6.07 Å². The zero-order valence-electron chi connectivity index (χ0n) is 36.5. The molecule has 0 N–H and O–H groups in total. The minimum absolute atomic E-state index is 0.658. The van der Waals surface area contributed by atoms with Crippen LogP contribution in [0.5, 0.6) is 0 Å². The summed E-state index contributed by atoms with van der Waals surface area (Å²) in [5, 5.41) is 2.48. The molecule has 4 heteroatoms. The summed E-state index contributed by atoms with van der Waals surface area (Å²) in [4.78, 5) is 16.2. The van der Waals surface area contributed by atoms with Crippen molar-refractivity contribution in [3.8, 4) is 95.5 Å². The number of nitrogens with zero attached hydrogens (tertiary/aromatic N) is 4. The Morgan fingerprint density at radius 2 is 0.597 bits per heavy atom. The summed E-state index contributed by atoms with van der Waals surface area (Å²) in [6, 6.07) is 89.7. The van der Waals surface area contributed by atoms with E-state index in [2.05, 4.69) is 253 Å². The fourth-order valence-electron chi connectivity index (χ4n) is 9.50. The van der Waals surface area contributed by atoms with Gasteiger partial charge in [0.05, 0.1) is 33.8 Å². The Bertz CT molecular complexity index is 3530.